The van der Waals surface area contributed by atoms with Crippen molar-refractivity contribution in [1.29, 1.82) is 5.39 Å². The first-order chi connectivity index (χ1) is 12.0. The molecule has 0 radical (unpaired) electrons. The van der Waals surface area contributed by atoms with Crippen LogP contribution in [0.25, 0.3) is 16.1 Å². The van der Waals surface area contributed by atoms with Crippen molar-refractivity contribution >= 4 is 23.2 Å². The van der Waals surface area contributed by atoms with Gasteiger partial charge in [0.15, 0.2) is 4.98 Å². The maximum atomic E-state index is 10.9. The summed E-state index contributed by atoms with van der Waals surface area (Å²) >= 11 is 5.62. The standard InChI is InChI=1S/C13H11NO.C7H6ClN2.2ClH.Zn/c14-13(15)12-8-6-11(7-9-12)10-4-2-1-3-5-10;1-5-2-3-6(8)4-7(5)10-9;;;/h1-9H,(H2,14,15);2-4H,1H3;2*1H;/q;+1;;;/p-2. The van der Waals surface area contributed by atoms with Crippen LogP contribution in [0.5, 0.6) is 0 Å². The molecular weight excluding hydrogens is 470 g/mol. The van der Waals surface area contributed by atoms with Crippen LogP contribution in [0.15, 0.2) is 72.8 Å². The normalized spacial score (nSPS) is 8.46. The summed E-state index contributed by atoms with van der Waals surface area (Å²) in [6, 6.07) is 22.4. The van der Waals surface area contributed by atoms with E-state index in [9.17, 15) is 4.79 Å². The topological polar surface area (TPSA) is 71.2 Å². The molecule has 0 heterocycles. The largest absolute Gasteiger partial charge is 1.00 e. The molecule has 0 aliphatic rings. The average molecular weight is 487 g/mol. The average Bonchev–Trinajstić information content (AvgIpc) is 2.65. The predicted octanol–water partition coefficient (Wildman–Crippen LogP) is -0.409. The number of diazo groups is 1. The van der Waals surface area contributed by atoms with Gasteiger partial charge in [-0.2, -0.15) is 0 Å². The number of benzene rings is 3. The molecule has 3 rings (SSSR count). The fourth-order valence-electron chi connectivity index (χ4n) is 2.15. The van der Waals surface area contributed by atoms with E-state index in [2.05, 4.69) is 4.98 Å². The zero-order chi connectivity index (χ0) is 18.2. The molecule has 0 saturated carbocycles. The molecule has 0 aliphatic heterocycles. The molecule has 0 atom stereocenters. The quantitative estimate of drug-likeness (QED) is 0.395. The Morgan fingerprint density at radius 2 is 1.46 bits per heavy atom. The molecule has 0 bridgehead atoms. The number of hydrogen-bond donors (Lipinski definition) is 1. The number of primary amides is 1. The molecule has 0 aliphatic carbocycles. The first-order valence-corrected chi connectivity index (χ1v) is 7.95. The van der Waals surface area contributed by atoms with Gasteiger partial charge in [-0.3, -0.25) is 4.79 Å². The Morgan fingerprint density at radius 3 is 1.93 bits per heavy atom. The Balaban J connectivity index is 0. The van der Waals surface area contributed by atoms with E-state index in [1.54, 1.807) is 30.3 Å². The number of amides is 1. The van der Waals surface area contributed by atoms with Crippen LogP contribution < -0.4 is 30.5 Å². The second kappa shape index (κ2) is 14.1. The minimum absolute atomic E-state index is 0. The molecule has 3 aromatic rings. The molecule has 0 saturated heterocycles. The third kappa shape index (κ3) is 8.38. The van der Waals surface area contributed by atoms with Gasteiger partial charge in [-0.1, -0.05) is 54.1 Å². The molecule has 1 amide bonds. The van der Waals surface area contributed by atoms with Crippen molar-refractivity contribution in [3.05, 3.63) is 93.9 Å². The predicted molar refractivity (Wildman–Crippen MR) is 101 cm³/mol. The summed E-state index contributed by atoms with van der Waals surface area (Å²) in [5, 5.41) is 8.99. The summed E-state index contributed by atoms with van der Waals surface area (Å²) in [4.78, 5) is 13.9. The van der Waals surface area contributed by atoms with E-state index >= 15 is 0 Å². The van der Waals surface area contributed by atoms with Gasteiger partial charge in [-0.15, -0.1) is 0 Å². The van der Waals surface area contributed by atoms with Crippen LogP contribution in [0.2, 0.25) is 5.02 Å². The molecule has 142 valence electrons. The van der Waals surface area contributed by atoms with E-state index in [1.165, 1.54) is 0 Å². The van der Waals surface area contributed by atoms with E-state index in [1.807, 2.05) is 49.4 Å². The first kappa shape index (κ1) is 28.3. The SMILES string of the molecule is Cc1ccc(Cl)cc1[N+]#N.NC(=O)c1ccc(-c2ccccc2)cc1.[Cl-].[Cl-].[Zn]. The van der Waals surface area contributed by atoms with Crippen molar-refractivity contribution in [2.24, 2.45) is 5.73 Å². The maximum Gasteiger partial charge on any atom is 0.389 e. The summed E-state index contributed by atoms with van der Waals surface area (Å²) in [7, 11) is 0. The molecule has 28 heavy (non-hydrogen) atoms. The third-order valence-electron chi connectivity index (χ3n) is 3.56. The Bertz CT molecular complexity index is 914. The van der Waals surface area contributed by atoms with Gasteiger partial charge in [0.05, 0.1) is 6.07 Å². The Kier molecular flexibility index (Phi) is 14.2. The number of carbonyl (C=O) groups is 1. The zero-order valence-corrected chi connectivity index (χ0v) is 20.4. The number of aryl methyl sites for hydroxylation is 1. The van der Waals surface area contributed by atoms with Crippen LogP contribution in [0, 0.1) is 12.3 Å². The molecule has 4 nitrogen and oxygen atoms in total. The van der Waals surface area contributed by atoms with E-state index < -0.39 is 5.91 Å². The number of carbonyl (C=O) groups excluding carboxylic acids is 1. The van der Waals surface area contributed by atoms with Gasteiger partial charge in [-0.05, 0) is 42.3 Å². The second-order valence-corrected chi connectivity index (χ2v) is 5.77. The van der Waals surface area contributed by atoms with Crippen LogP contribution >= 0.6 is 11.6 Å². The zero-order valence-electron chi connectivity index (χ0n) is 15.1. The Labute approximate surface area is 194 Å². The van der Waals surface area contributed by atoms with Gasteiger partial charge in [0, 0.05) is 35.6 Å². The van der Waals surface area contributed by atoms with Crippen LogP contribution in [0.4, 0.5) is 5.69 Å². The number of rotatable bonds is 2. The Morgan fingerprint density at radius 1 is 0.929 bits per heavy atom. The third-order valence-corrected chi connectivity index (χ3v) is 3.79. The van der Waals surface area contributed by atoms with Crippen molar-refractivity contribution in [3.8, 4) is 11.1 Å². The summed E-state index contributed by atoms with van der Waals surface area (Å²) in [5.41, 5.74) is 9.35. The number of halogens is 3. The van der Waals surface area contributed by atoms with Crippen LogP contribution in [0.3, 0.4) is 0 Å². The maximum absolute atomic E-state index is 10.9. The van der Waals surface area contributed by atoms with E-state index in [0.717, 1.165) is 16.7 Å². The molecule has 3 aromatic carbocycles. The van der Waals surface area contributed by atoms with Gasteiger partial charge >= 0.3 is 5.69 Å². The van der Waals surface area contributed by atoms with Crippen LogP contribution in [0.1, 0.15) is 15.9 Å². The Hall–Kier alpha value is -1.96. The molecule has 2 N–H and O–H groups in total. The first-order valence-electron chi connectivity index (χ1n) is 7.58. The van der Waals surface area contributed by atoms with E-state index in [0.29, 0.717) is 16.3 Å². The summed E-state index contributed by atoms with van der Waals surface area (Å²) in [6.07, 6.45) is 0. The van der Waals surface area contributed by atoms with Crippen molar-refractivity contribution in [1.82, 2.24) is 0 Å². The van der Waals surface area contributed by atoms with E-state index in [4.69, 9.17) is 22.7 Å². The van der Waals surface area contributed by atoms with Crippen molar-refractivity contribution in [2.45, 2.75) is 6.92 Å². The van der Waals surface area contributed by atoms with Crippen LogP contribution in [-0.2, 0) is 19.5 Å². The number of hydrogen-bond acceptors (Lipinski definition) is 2. The van der Waals surface area contributed by atoms with Crippen molar-refractivity contribution in [3.63, 3.8) is 0 Å². The molecule has 0 unspecified atom stereocenters. The summed E-state index contributed by atoms with van der Waals surface area (Å²) in [5.74, 6) is -0.394. The van der Waals surface area contributed by atoms with Gasteiger partial charge in [-0.25, -0.2) is 0 Å². The van der Waals surface area contributed by atoms with Crippen molar-refractivity contribution < 1.29 is 49.1 Å². The molecule has 8 heteroatoms. The minimum Gasteiger partial charge on any atom is -1.00 e. The van der Waals surface area contributed by atoms with Gasteiger partial charge in [0.2, 0.25) is 11.3 Å². The smallest absolute Gasteiger partial charge is 0.389 e. The number of nitrogens with zero attached hydrogens (tertiary/aromatic N) is 2. The fraction of sp³-hybridized carbons (Fsp3) is 0.0500. The molecule has 0 spiro atoms. The van der Waals surface area contributed by atoms with Gasteiger partial charge < -0.3 is 30.5 Å². The fourth-order valence-corrected chi connectivity index (χ4v) is 2.31. The second-order valence-electron chi connectivity index (χ2n) is 5.34. The monoisotopic (exact) mass is 484 g/mol. The summed E-state index contributed by atoms with van der Waals surface area (Å²) in [6.45, 7) is 1.85. The van der Waals surface area contributed by atoms with Gasteiger partial charge in [0.1, 0.15) is 0 Å². The molecule has 0 fully saturated rings. The summed E-state index contributed by atoms with van der Waals surface area (Å²) < 4.78 is 0. The number of nitrogens with two attached hydrogens (primary N) is 1. The van der Waals surface area contributed by atoms with Crippen LogP contribution in [-0.4, -0.2) is 5.91 Å². The molecule has 0 aromatic heterocycles. The molecular formula is C20H17Cl3N3OZn-. The minimum atomic E-state index is -0.394. The van der Waals surface area contributed by atoms with E-state index in [-0.39, 0.29) is 44.3 Å². The van der Waals surface area contributed by atoms with Gasteiger partial charge in [0.25, 0.3) is 0 Å². The van der Waals surface area contributed by atoms with Crippen molar-refractivity contribution in [2.75, 3.05) is 0 Å².